The second-order valence-electron chi connectivity index (χ2n) is 2.19. The van der Waals surface area contributed by atoms with Gasteiger partial charge < -0.3 is 10.8 Å². The maximum absolute atomic E-state index is 12.8. The monoisotopic (exact) mass is 156 g/mol. The second-order valence-corrected chi connectivity index (χ2v) is 2.19. The van der Waals surface area contributed by atoms with Crippen LogP contribution in [0.4, 0.5) is 4.39 Å². The summed E-state index contributed by atoms with van der Waals surface area (Å²) in [6.07, 6.45) is 2.51. The van der Waals surface area contributed by atoms with Gasteiger partial charge in [-0.25, -0.2) is 4.39 Å². The Morgan fingerprint density at radius 1 is 1.73 bits per heavy atom. The maximum atomic E-state index is 12.8. The van der Waals surface area contributed by atoms with E-state index in [1.807, 2.05) is 0 Å². The number of halogens is 1. The first-order valence-corrected chi connectivity index (χ1v) is 3.21. The Morgan fingerprint density at radius 3 is 3.00 bits per heavy atom. The topological polar surface area (TPSA) is 59.1 Å². The van der Waals surface area contributed by atoms with Crippen molar-refractivity contribution in [3.05, 3.63) is 29.8 Å². The number of hydrogen-bond acceptors (Lipinski definition) is 3. The molecule has 0 aliphatic carbocycles. The highest BCUT2D eigenvalue weighted by molar-refractivity contribution is 5.16. The largest absolute Gasteiger partial charge is 0.394 e. The lowest BCUT2D eigenvalue weighted by Gasteiger charge is -2.07. The fraction of sp³-hybridized carbons (Fsp3) is 0.286. The SMILES string of the molecule is N[C@@H](CO)c1ccncc1F. The zero-order valence-electron chi connectivity index (χ0n) is 5.87. The standard InChI is InChI=1S/C7H9FN2O/c8-6-3-10-2-1-5(6)7(9)4-11/h1-3,7,11H,4,9H2/t7-/m0/s1. The molecule has 1 aromatic rings. The van der Waals surface area contributed by atoms with Gasteiger partial charge in [0.1, 0.15) is 5.82 Å². The zero-order chi connectivity index (χ0) is 8.27. The summed E-state index contributed by atoms with van der Waals surface area (Å²) in [6.45, 7) is -0.263. The van der Waals surface area contributed by atoms with Crippen LogP contribution in [-0.4, -0.2) is 16.7 Å². The summed E-state index contributed by atoms with van der Waals surface area (Å²) < 4.78 is 12.8. The summed E-state index contributed by atoms with van der Waals surface area (Å²) in [5.74, 6) is -0.478. The highest BCUT2D eigenvalue weighted by Gasteiger charge is 2.08. The predicted molar refractivity (Wildman–Crippen MR) is 38.2 cm³/mol. The van der Waals surface area contributed by atoms with Gasteiger partial charge in [-0.1, -0.05) is 0 Å². The molecule has 0 saturated heterocycles. The molecule has 0 unspecified atom stereocenters. The third-order valence-corrected chi connectivity index (χ3v) is 1.40. The summed E-state index contributed by atoms with van der Waals surface area (Å²) in [4.78, 5) is 3.55. The highest BCUT2D eigenvalue weighted by atomic mass is 19.1. The minimum absolute atomic E-state index is 0.263. The van der Waals surface area contributed by atoms with E-state index in [0.717, 1.165) is 6.20 Å². The van der Waals surface area contributed by atoms with Gasteiger partial charge in [0.05, 0.1) is 18.8 Å². The number of hydrogen-bond donors (Lipinski definition) is 2. The molecule has 3 N–H and O–H groups in total. The zero-order valence-corrected chi connectivity index (χ0v) is 5.87. The van der Waals surface area contributed by atoms with Gasteiger partial charge in [-0.2, -0.15) is 0 Å². The molecule has 1 atom stereocenters. The minimum Gasteiger partial charge on any atom is -0.394 e. The molecule has 4 heteroatoms. The molecule has 0 saturated carbocycles. The summed E-state index contributed by atoms with van der Waals surface area (Å²) >= 11 is 0. The van der Waals surface area contributed by atoms with Crippen molar-refractivity contribution in [2.24, 2.45) is 5.73 Å². The van der Waals surface area contributed by atoms with E-state index in [1.54, 1.807) is 0 Å². The van der Waals surface area contributed by atoms with Crippen molar-refractivity contribution in [3.63, 3.8) is 0 Å². The molecule has 0 fully saturated rings. The molecule has 11 heavy (non-hydrogen) atoms. The Bertz CT molecular complexity index is 242. The van der Waals surface area contributed by atoms with E-state index < -0.39 is 11.9 Å². The van der Waals surface area contributed by atoms with Gasteiger partial charge in [0.25, 0.3) is 0 Å². The summed E-state index contributed by atoms with van der Waals surface area (Å²) in [5, 5.41) is 8.60. The second kappa shape index (κ2) is 3.41. The number of aliphatic hydroxyl groups excluding tert-OH is 1. The number of rotatable bonds is 2. The van der Waals surface area contributed by atoms with Crippen LogP contribution in [-0.2, 0) is 0 Å². The van der Waals surface area contributed by atoms with Crippen LogP contribution in [0.25, 0.3) is 0 Å². The molecule has 0 amide bonds. The van der Waals surface area contributed by atoms with Crippen molar-refractivity contribution in [2.45, 2.75) is 6.04 Å². The molecular weight excluding hydrogens is 147 g/mol. The molecular formula is C7H9FN2O. The fourth-order valence-corrected chi connectivity index (χ4v) is 0.785. The van der Waals surface area contributed by atoms with Gasteiger partial charge >= 0.3 is 0 Å². The third-order valence-electron chi connectivity index (χ3n) is 1.40. The van der Waals surface area contributed by atoms with Gasteiger partial charge in [-0.3, -0.25) is 4.98 Å². The number of aliphatic hydroxyl groups is 1. The number of nitrogens with two attached hydrogens (primary N) is 1. The molecule has 1 aromatic heterocycles. The summed E-state index contributed by atoms with van der Waals surface area (Å²) in [5.41, 5.74) is 5.67. The first-order valence-electron chi connectivity index (χ1n) is 3.21. The van der Waals surface area contributed by atoms with Gasteiger partial charge in [0, 0.05) is 11.8 Å². The lowest BCUT2D eigenvalue weighted by Crippen LogP contribution is -2.16. The quantitative estimate of drug-likeness (QED) is 0.643. The average molecular weight is 156 g/mol. The first-order chi connectivity index (χ1) is 5.25. The van der Waals surface area contributed by atoms with Crippen molar-refractivity contribution in [1.29, 1.82) is 0 Å². The van der Waals surface area contributed by atoms with E-state index >= 15 is 0 Å². The van der Waals surface area contributed by atoms with Crippen LogP contribution < -0.4 is 5.73 Å². The molecule has 60 valence electrons. The number of aromatic nitrogens is 1. The van der Waals surface area contributed by atoms with E-state index in [1.165, 1.54) is 12.3 Å². The molecule has 0 radical (unpaired) electrons. The lowest BCUT2D eigenvalue weighted by atomic mass is 10.1. The van der Waals surface area contributed by atoms with E-state index in [4.69, 9.17) is 10.8 Å². The average Bonchev–Trinajstić information content (AvgIpc) is 2.04. The van der Waals surface area contributed by atoms with Gasteiger partial charge in [-0.05, 0) is 6.07 Å². The fourth-order valence-electron chi connectivity index (χ4n) is 0.785. The van der Waals surface area contributed by atoms with Crippen LogP contribution in [0, 0.1) is 5.82 Å². The van der Waals surface area contributed by atoms with Crippen molar-refractivity contribution in [3.8, 4) is 0 Å². The van der Waals surface area contributed by atoms with Gasteiger partial charge in [-0.15, -0.1) is 0 Å². The molecule has 0 aliphatic rings. The predicted octanol–water partition coefficient (Wildman–Crippen LogP) is 0.213. The van der Waals surface area contributed by atoms with Gasteiger partial charge in [0.15, 0.2) is 0 Å². The van der Waals surface area contributed by atoms with Crippen molar-refractivity contribution < 1.29 is 9.50 Å². The maximum Gasteiger partial charge on any atom is 0.146 e. The third kappa shape index (κ3) is 1.72. The molecule has 3 nitrogen and oxygen atoms in total. The molecule has 0 aliphatic heterocycles. The molecule has 1 rings (SSSR count). The lowest BCUT2D eigenvalue weighted by molar-refractivity contribution is 0.265. The van der Waals surface area contributed by atoms with Crippen molar-refractivity contribution >= 4 is 0 Å². The van der Waals surface area contributed by atoms with Crippen LogP contribution in [0.1, 0.15) is 11.6 Å². The van der Waals surface area contributed by atoms with E-state index in [2.05, 4.69) is 4.98 Å². The van der Waals surface area contributed by atoms with Crippen LogP contribution in [0.3, 0.4) is 0 Å². The number of nitrogens with zero attached hydrogens (tertiary/aromatic N) is 1. The van der Waals surface area contributed by atoms with E-state index in [0.29, 0.717) is 5.56 Å². The summed E-state index contributed by atoms with van der Waals surface area (Å²) in [6, 6.07) is 0.800. The summed E-state index contributed by atoms with van der Waals surface area (Å²) in [7, 11) is 0. The van der Waals surface area contributed by atoms with E-state index in [-0.39, 0.29) is 6.61 Å². The Balaban J connectivity index is 2.93. The van der Waals surface area contributed by atoms with Gasteiger partial charge in [0.2, 0.25) is 0 Å². The molecule has 1 heterocycles. The van der Waals surface area contributed by atoms with Crippen LogP contribution in [0.5, 0.6) is 0 Å². The Hall–Kier alpha value is -1.00. The van der Waals surface area contributed by atoms with Crippen molar-refractivity contribution in [1.82, 2.24) is 4.98 Å². The van der Waals surface area contributed by atoms with E-state index in [9.17, 15) is 4.39 Å². The normalized spacial score (nSPS) is 13.0. The highest BCUT2D eigenvalue weighted by Crippen LogP contribution is 2.11. The Kier molecular flexibility index (Phi) is 2.51. The number of pyridine rings is 1. The van der Waals surface area contributed by atoms with Crippen LogP contribution >= 0.6 is 0 Å². The Labute approximate surface area is 63.7 Å². The minimum atomic E-state index is -0.655. The van der Waals surface area contributed by atoms with Crippen molar-refractivity contribution in [2.75, 3.05) is 6.61 Å². The smallest absolute Gasteiger partial charge is 0.146 e. The molecule has 0 aromatic carbocycles. The Morgan fingerprint density at radius 2 is 2.45 bits per heavy atom. The molecule has 0 bridgehead atoms. The first kappa shape index (κ1) is 8.10. The van der Waals surface area contributed by atoms with Crippen LogP contribution in [0.15, 0.2) is 18.5 Å². The molecule has 0 spiro atoms. The van der Waals surface area contributed by atoms with Crippen LogP contribution in [0.2, 0.25) is 0 Å².